The molecular formula is C26H29N3O3S. The Morgan fingerprint density at radius 3 is 2.21 bits per heavy atom. The maximum Gasteiger partial charge on any atom is 0.265 e. The van der Waals surface area contributed by atoms with E-state index in [0.717, 1.165) is 66.8 Å². The lowest BCUT2D eigenvalue weighted by Crippen LogP contribution is -2.36. The smallest absolute Gasteiger partial charge is 0.265 e. The van der Waals surface area contributed by atoms with Gasteiger partial charge in [0.15, 0.2) is 0 Å². The predicted molar refractivity (Wildman–Crippen MR) is 135 cm³/mol. The lowest BCUT2D eigenvalue weighted by Gasteiger charge is -2.29. The number of amides is 1. The second-order valence-electron chi connectivity index (χ2n) is 8.35. The second-order valence-corrected chi connectivity index (χ2v) is 9.38. The molecule has 2 aliphatic rings. The molecule has 0 atom stereocenters. The highest BCUT2D eigenvalue weighted by Gasteiger charge is 2.22. The van der Waals surface area contributed by atoms with Crippen LogP contribution in [-0.2, 0) is 9.47 Å². The van der Waals surface area contributed by atoms with E-state index in [2.05, 4.69) is 39.4 Å². The number of carbonyl (C=O) groups excluding carboxylic acids is 1. The third-order valence-corrected chi connectivity index (χ3v) is 7.35. The van der Waals surface area contributed by atoms with Gasteiger partial charge in [0, 0.05) is 43.1 Å². The van der Waals surface area contributed by atoms with Crippen LogP contribution in [0.1, 0.15) is 15.2 Å². The molecule has 172 valence electrons. The summed E-state index contributed by atoms with van der Waals surface area (Å²) in [5.74, 6) is -0.0705. The number of nitrogens with zero attached hydrogens (tertiary/aromatic N) is 2. The maximum atomic E-state index is 13.3. The van der Waals surface area contributed by atoms with Crippen LogP contribution >= 0.6 is 11.3 Å². The monoisotopic (exact) mass is 463 g/mol. The van der Waals surface area contributed by atoms with E-state index in [9.17, 15) is 4.79 Å². The number of morpholine rings is 2. The summed E-state index contributed by atoms with van der Waals surface area (Å²) in [6.07, 6.45) is 0. The van der Waals surface area contributed by atoms with Gasteiger partial charge in [-0.05, 0) is 42.3 Å². The van der Waals surface area contributed by atoms with E-state index in [1.807, 2.05) is 37.3 Å². The highest BCUT2D eigenvalue weighted by atomic mass is 32.1. The minimum Gasteiger partial charge on any atom is -0.378 e. The highest BCUT2D eigenvalue weighted by Crippen LogP contribution is 2.39. The largest absolute Gasteiger partial charge is 0.378 e. The average Bonchev–Trinajstić information content (AvgIpc) is 3.33. The Morgan fingerprint density at radius 1 is 0.879 bits per heavy atom. The average molecular weight is 464 g/mol. The summed E-state index contributed by atoms with van der Waals surface area (Å²) >= 11 is 1.56. The number of ether oxygens (including phenoxy) is 2. The van der Waals surface area contributed by atoms with Gasteiger partial charge in [0.1, 0.15) is 0 Å². The first-order valence-corrected chi connectivity index (χ1v) is 12.3. The first-order valence-electron chi connectivity index (χ1n) is 11.5. The van der Waals surface area contributed by atoms with E-state index in [4.69, 9.17) is 9.47 Å². The molecule has 3 aromatic rings. The van der Waals surface area contributed by atoms with Crippen molar-refractivity contribution in [1.29, 1.82) is 0 Å². The summed E-state index contributed by atoms with van der Waals surface area (Å²) in [6, 6.07) is 18.5. The van der Waals surface area contributed by atoms with E-state index >= 15 is 0 Å². The number of anilines is 3. The minimum atomic E-state index is -0.0705. The van der Waals surface area contributed by atoms with Gasteiger partial charge in [-0.1, -0.05) is 30.3 Å². The van der Waals surface area contributed by atoms with Crippen molar-refractivity contribution in [2.45, 2.75) is 6.92 Å². The van der Waals surface area contributed by atoms with Gasteiger partial charge in [-0.25, -0.2) is 0 Å². The fourth-order valence-corrected chi connectivity index (χ4v) is 5.44. The third-order valence-electron chi connectivity index (χ3n) is 6.15. The number of rotatable bonds is 5. The molecule has 5 rings (SSSR count). The third kappa shape index (κ3) is 4.90. The minimum absolute atomic E-state index is 0.0705. The van der Waals surface area contributed by atoms with E-state index < -0.39 is 0 Å². The Kier molecular flexibility index (Phi) is 6.62. The molecule has 2 fully saturated rings. The zero-order chi connectivity index (χ0) is 22.6. The fourth-order valence-electron chi connectivity index (χ4n) is 4.31. The molecule has 6 nitrogen and oxygen atoms in total. The Bertz CT molecular complexity index is 1100. The number of carbonyl (C=O) groups is 1. The zero-order valence-electron chi connectivity index (χ0n) is 18.9. The van der Waals surface area contributed by atoms with Crippen LogP contribution < -0.4 is 15.1 Å². The molecule has 0 unspecified atom stereocenters. The van der Waals surface area contributed by atoms with Crippen molar-refractivity contribution < 1.29 is 14.3 Å². The number of hydrogen-bond acceptors (Lipinski definition) is 6. The van der Waals surface area contributed by atoms with Crippen LogP contribution in [0.4, 0.5) is 16.4 Å². The highest BCUT2D eigenvalue weighted by molar-refractivity contribution is 7.18. The fraction of sp³-hybridized carbons (Fsp3) is 0.346. The summed E-state index contributed by atoms with van der Waals surface area (Å²) < 4.78 is 11.0. The first-order chi connectivity index (χ1) is 16.2. The molecule has 0 radical (unpaired) electrons. The molecular weight excluding hydrogens is 434 g/mol. The normalized spacial score (nSPS) is 16.6. The number of aryl methyl sites for hydroxylation is 1. The molecule has 7 heteroatoms. The van der Waals surface area contributed by atoms with Gasteiger partial charge >= 0.3 is 0 Å². The van der Waals surface area contributed by atoms with Crippen molar-refractivity contribution >= 4 is 33.6 Å². The van der Waals surface area contributed by atoms with Crippen LogP contribution in [0.3, 0.4) is 0 Å². The van der Waals surface area contributed by atoms with Gasteiger partial charge in [0.2, 0.25) is 0 Å². The molecule has 3 heterocycles. The molecule has 0 aliphatic carbocycles. The van der Waals surface area contributed by atoms with Gasteiger partial charge in [0.25, 0.3) is 5.91 Å². The maximum absolute atomic E-state index is 13.3. The second kappa shape index (κ2) is 9.95. The Balaban J connectivity index is 1.38. The Morgan fingerprint density at radius 2 is 1.55 bits per heavy atom. The summed E-state index contributed by atoms with van der Waals surface area (Å²) in [7, 11) is 0. The van der Waals surface area contributed by atoms with Crippen LogP contribution in [0, 0.1) is 6.92 Å². The van der Waals surface area contributed by atoms with Gasteiger partial charge in [-0.2, -0.15) is 0 Å². The van der Waals surface area contributed by atoms with E-state index in [1.54, 1.807) is 11.3 Å². The molecule has 1 aromatic heterocycles. The molecule has 0 spiro atoms. The lowest BCUT2D eigenvalue weighted by atomic mass is 10.1. The molecule has 33 heavy (non-hydrogen) atoms. The van der Waals surface area contributed by atoms with Gasteiger partial charge in [-0.15, -0.1) is 11.3 Å². The van der Waals surface area contributed by atoms with Crippen molar-refractivity contribution in [1.82, 2.24) is 0 Å². The molecule has 2 saturated heterocycles. The van der Waals surface area contributed by atoms with Gasteiger partial charge in [0.05, 0.1) is 36.3 Å². The van der Waals surface area contributed by atoms with Gasteiger partial charge < -0.3 is 24.6 Å². The Hall–Kier alpha value is -2.87. The quantitative estimate of drug-likeness (QED) is 0.597. The standard InChI is InChI=1S/C26H29N3O3S/c1-19-17-21(28-9-13-31-14-10-28)7-8-23(19)27-25(30)24-18-22(20-5-3-2-4-6-20)26(33-24)29-11-15-32-16-12-29/h2-8,17-18H,9-16H2,1H3,(H,27,30). The van der Waals surface area contributed by atoms with Crippen molar-refractivity contribution in [3.8, 4) is 11.1 Å². The van der Waals surface area contributed by atoms with Crippen molar-refractivity contribution in [3.05, 3.63) is 65.0 Å². The van der Waals surface area contributed by atoms with Crippen LogP contribution in [0.5, 0.6) is 0 Å². The van der Waals surface area contributed by atoms with E-state index in [0.29, 0.717) is 18.1 Å². The Labute approximate surface area is 198 Å². The van der Waals surface area contributed by atoms with Crippen LogP contribution in [-0.4, -0.2) is 58.5 Å². The van der Waals surface area contributed by atoms with Gasteiger partial charge in [-0.3, -0.25) is 4.79 Å². The molecule has 1 amide bonds. The van der Waals surface area contributed by atoms with Crippen molar-refractivity contribution in [3.63, 3.8) is 0 Å². The summed E-state index contributed by atoms with van der Waals surface area (Å²) in [6.45, 7) is 8.44. The number of thiophene rings is 1. The lowest BCUT2D eigenvalue weighted by molar-refractivity contribution is 0.103. The summed E-state index contributed by atoms with van der Waals surface area (Å²) in [4.78, 5) is 18.6. The first kappa shape index (κ1) is 21.9. The topological polar surface area (TPSA) is 54.0 Å². The molecule has 1 N–H and O–H groups in total. The SMILES string of the molecule is Cc1cc(N2CCOCC2)ccc1NC(=O)c1cc(-c2ccccc2)c(N2CCOCC2)s1. The van der Waals surface area contributed by atoms with Crippen LogP contribution in [0.15, 0.2) is 54.6 Å². The molecule has 2 aromatic carbocycles. The zero-order valence-corrected chi connectivity index (χ0v) is 19.7. The van der Waals surface area contributed by atoms with Crippen molar-refractivity contribution in [2.24, 2.45) is 0 Å². The van der Waals surface area contributed by atoms with Crippen molar-refractivity contribution in [2.75, 3.05) is 67.7 Å². The summed E-state index contributed by atoms with van der Waals surface area (Å²) in [5.41, 5.74) is 5.30. The molecule has 0 bridgehead atoms. The number of hydrogen-bond donors (Lipinski definition) is 1. The van der Waals surface area contributed by atoms with E-state index in [1.165, 1.54) is 5.69 Å². The van der Waals surface area contributed by atoms with Crippen LogP contribution in [0.25, 0.3) is 11.1 Å². The number of nitrogens with one attached hydrogen (secondary N) is 1. The van der Waals surface area contributed by atoms with E-state index in [-0.39, 0.29) is 5.91 Å². The summed E-state index contributed by atoms with van der Waals surface area (Å²) in [5, 5.41) is 4.27. The number of benzene rings is 2. The van der Waals surface area contributed by atoms with Crippen LogP contribution in [0.2, 0.25) is 0 Å². The molecule has 2 aliphatic heterocycles. The predicted octanol–water partition coefficient (Wildman–Crippen LogP) is 4.65. The molecule has 0 saturated carbocycles.